The molecule has 0 aliphatic heterocycles. The van der Waals surface area contributed by atoms with Crippen LogP contribution in [-0.2, 0) is 0 Å². The van der Waals surface area contributed by atoms with Gasteiger partial charge < -0.3 is 0 Å². The zero-order valence-electron chi connectivity index (χ0n) is 9.65. The zero-order valence-corrected chi connectivity index (χ0v) is 11.3. The number of hydrogen-bond acceptors (Lipinski definition) is 3. The first-order valence-electron chi connectivity index (χ1n) is 4.95. The third-order valence-corrected chi connectivity index (χ3v) is 3.69. The van der Waals surface area contributed by atoms with Gasteiger partial charge in [-0.3, -0.25) is 4.99 Å². The van der Waals surface area contributed by atoms with Gasteiger partial charge in [0.25, 0.3) is 0 Å². The summed E-state index contributed by atoms with van der Waals surface area (Å²) < 4.78 is 0. The Kier molecular flexibility index (Phi) is 5.26. The lowest BCUT2D eigenvalue weighted by Crippen LogP contribution is -1.94. The first-order chi connectivity index (χ1) is 7.17. The van der Waals surface area contributed by atoms with Crippen molar-refractivity contribution in [1.29, 1.82) is 0 Å². The first-order valence-corrected chi connectivity index (χ1v) is 7.05. The van der Waals surface area contributed by atoms with E-state index in [1.807, 2.05) is 18.8 Å². The van der Waals surface area contributed by atoms with Gasteiger partial charge in [-0.15, -0.1) is 23.5 Å². The molecule has 1 aromatic rings. The molecule has 0 bridgehead atoms. The van der Waals surface area contributed by atoms with E-state index in [1.165, 1.54) is 10.5 Å². The fourth-order valence-electron chi connectivity index (χ4n) is 1.29. The van der Waals surface area contributed by atoms with Crippen molar-refractivity contribution in [3.05, 3.63) is 29.8 Å². The zero-order chi connectivity index (χ0) is 11.3. The second kappa shape index (κ2) is 6.23. The van der Waals surface area contributed by atoms with Crippen LogP contribution in [0.1, 0.15) is 19.4 Å². The van der Waals surface area contributed by atoms with Crippen molar-refractivity contribution in [3.63, 3.8) is 0 Å². The van der Waals surface area contributed by atoms with Crippen LogP contribution >= 0.6 is 23.5 Å². The summed E-state index contributed by atoms with van der Waals surface area (Å²) in [6.07, 6.45) is 2.05. The smallest absolute Gasteiger partial charge is 0.0970 e. The SMILES string of the molecule is CN=C(SC)c1ccc(SC(C)C)cc1. The van der Waals surface area contributed by atoms with E-state index in [1.54, 1.807) is 11.8 Å². The molecule has 15 heavy (non-hydrogen) atoms. The number of hydrogen-bond donors (Lipinski definition) is 0. The second-order valence-corrected chi connectivity index (χ2v) is 5.87. The summed E-state index contributed by atoms with van der Waals surface area (Å²) in [6, 6.07) is 8.62. The average Bonchev–Trinajstić information content (AvgIpc) is 2.21. The van der Waals surface area contributed by atoms with Crippen LogP contribution in [0.5, 0.6) is 0 Å². The number of thioether (sulfide) groups is 2. The van der Waals surface area contributed by atoms with Gasteiger partial charge in [-0.05, 0) is 18.4 Å². The quantitative estimate of drug-likeness (QED) is 0.450. The molecule has 0 radical (unpaired) electrons. The molecule has 82 valence electrons. The lowest BCUT2D eigenvalue weighted by Gasteiger charge is -2.06. The summed E-state index contributed by atoms with van der Waals surface area (Å²) in [4.78, 5) is 5.56. The summed E-state index contributed by atoms with van der Waals surface area (Å²) in [5.74, 6) is 0. The molecule has 0 aliphatic rings. The fraction of sp³-hybridized carbons (Fsp3) is 0.417. The highest BCUT2D eigenvalue weighted by molar-refractivity contribution is 8.13. The third-order valence-electron chi connectivity index (χ3n) is 1.87. The van der Waals surface area contributed by atoms with E-state index >= 15 is 0 Å². The van der Waals surface area contributed by atoms with Gasteiger partial charge in [-0.25, -0.2) is 0 Å². The molecular weight excluding hydrogens is 222 g/mol. The molecule has 0 aromatic heterocycles. The molecule has 0 aliphatic carbocycles. The summed E-state index contributed by atoms with van der Waals surface area (Å²) in [5, 5.41) is 1.73. The maximum atomic E-state index is 4.24. The normalized spacial score (nSPS) is 12.2. The Morgan fingerprint density at radius 2 is 1.80 bits per heavy atom. The van der Waals surface area contributed by atoms with Crippen LogP contribution in [-0.4, -0.2) is 23.6 Å². The van der Waals surface area contributed by atoms with Crippen LogP contribution in [0.15, 0.2) is 34.2 Å². The van der Waals surface area contributed by atoms with E-state index in [4.69, 9.17) is 0 Å². The lowest BCUT2D eigenvalue weighted by molar-refractivity contribution is 1.11. The van der Waals surface area contributed by atoms with Crippen LogP contribution < -0.4 is 0 Å². The minimum atomic E-state index is 0.635. The minimum absolute atomic E-state index is 0.635. The molecule has 0 heterocycles. The van der Waals surface area contributed by atoms with Gasteiger partial charge in [0.05, 0.1) is 5.04 Å². The minimum Gasteiger partial charge on any atom is -0.281 e. The monoisotopic (exact) mass is 239 g/mol. The van der Waals surface area contributed by atoms with Crippen molar-refractivity contribution >= 4 is 28.6 Å². The maximum absolute atomic E-state index is 4.24. The molecule has 3 heteroatoms. The Morgan fingerprint density at radius 3 is 2.20 bits per heavy atom. The van der Waals surface area contributed by atoms with Gasteiger partial charge in [0.1, 0.15) is 0 Å². The Balaban J connectivity index is 2.80. The van der Waals surface area contributed by atoms with Gasteiger partial charge in [0.15, 0.2) is 0 Å². The van der Waals surface area contributed by atoms with E-state index in [0.29, 0.717) is 5.25 Å². The van der Waals surface area contributed by atoms with E-state index in [0.717, 1.165) is 5.04 Å². The third kappa shape index (κ3) is 3.92. The Morgan fingerprint density at radius 1 is 1.20 bits per heavy atom. The Bertz CT molecular complexity index is 328. The van der Waals surface area contributed by atoms with E-state index in [2.05, 4.69) is 49.4 Å². The fourth-order valence-corrected chi connectivity index (χ4v) is 2.68. The molecule has 0 unspecified atom stereocenters. The number of nitrogens with zero attached hydrogens (tertiary/aromatic N) is 1. The summed E-state index contributed by atoms with van der Waals surface area (Å²) in [5.41, 5.74) is 1.21. The summed E-state index contributed by atoms with van der Waals surface area (Å²) in [6.45, 7) is 4.42. The Hall–Kier alpha value is -0.410. The number of benzene rings is 1. The van der Waals surface area contributed by atoms with Gasteiger partial charge in [-0.1, -0.05) is 26.0 Å². The van der Waals surface area contributed by atoms with Crippen LogP contribution in [0, 0.1) is 0 Å². The van der Waals surface area contributed by atoms with Crippen LogP contribution in [0.3, 0.4) is 0 Å². The van der Waals surface area contributed by atoms with Crippen molar-refractivity contribution in [3.8, 4) is 0 Å². The highest BCUT2D eigenvalue weighted by Gasteiger charge is 2.02. The van der Waals surface area contributed by atoms with Crippen molar-refractivity contribution in [1.82, 2.24) is 0 Å². The van der Waals surface area contributed by atoms with E-state index in [-0.39, 0.29) is 0 Å². The van der Waals surface area contributed by atoms with Crippen molar-refractivity contribution < 1.29 is 0 Å². The second-order valence-electron chi connectivity index (χ2n) is 3.42. The van der Waals surface area contributed by atoms with Crippen molar-refractivity contribution in [2.45, 2.75) is 24.0 Å². The first kappa shape index (κ1) is 12.7. The molecule has 1 rings (SSSR count). The predicted octanol–water partition coefficient (Wildman–Crippen LogP) is 3.93. The predicted molar refractivity (Wildman–Crippen MR) is 73.4 cm³/mol. The molecule has 1 nitrogen and oxygen atoms in total. The number of aliphatic imine (C=N–C) groups is 1. The van der Waals surface area contributed by atoms with E-state index < -0.39 is 0 Å². The molecule has 0 saturated carbocycles. The molecule has 0 spiro atoms. The highest BCUT2D eigenvalue weighted by atomic mass is 32.2. The van der Waals surface area contributed by atoms with Gasteiger partial charge >= 0.3 is 0 Å². The average molecular weight is 239 g/mol. The molecule has 0 saturated heterocycles. The van der Waals surface area contributed by atoms with E-state index in [9.17, 15) is 0 Å². The standard InChI is InChI=1S/C12H17NS2/c1-9(2)15-11-7-5-10(6-8-11)12(13-3)14-4/h5-9H,1-4H3. The summed E-state index contributed by atoms with van der Waals surface area (Å²) >= 11 is 3.57. The summed E-state index contributed by atoms with van der Waals surface area (Å²) in [7, 11) is 1.84. The van der Waals surface area contributed by atoms with Gasteiger partial charge in [0, 0.05) is 22.8 Å². The van der Waals surface area contributed by atoms with Gasteiger partial charge in [-0.2, -0.15) is 0 Å². The number of rotatable bonds is 3. The Labute approximate surface area is 101 Å². The molecule has 0 N–H and O–H groups in total. The molecule has 0 fully saturated rings. The lowest BCUT2D eigenvalue weighted by atomic mass is 10.2. The largest absolute Gasteiger partial charge is 0.281 e. The molecule has 0 amide bonds. The highest BCUT2D eigenvalue weighted by Crippen LogP contribution is 2.23. The van der Waals surface area contributed by atoms with Crippen molar-refractivity contribution in [2.75, 3.05) is 13.3 Å². The van der Waals surface area contributed by atoms with Crippen molar-refractivity contribution in [2.24, 2.45) is 4.99 Å². The molecule has 1 aromatic carbocycles. The molecule has 0 atom stereocenters. The molecular formula is C12H17NS2. The van der Waals surface area contributed by atoms with Gasteiger partial charge in [0.2, 0.25) is 0 Å². The van der Waals surface area contributed by atoms with Crippen LogP contribution in [0.4, 0.5) is 0 Å². The maximum Gasteiger partial charge on any atom is 0.0970 e. The topological polar surface area (TPSA) is 12.4 Å². The van der Waals surface area contributed by atoms with Crippen LogP contribution in [0.25, 0.3) is 0 Å². The van der Waals surface area contributed by atoms with Crippen LogP contribution in [0.2, 0.25) is 0 Å².